The third-order valence-corrected chi connectivity index (χ3v) is 4.33. The Balaban J connectivity index is 1.43. The fourth-order valence-corrected chi connectivity index (χ4v) is 2.98. The molecule has 0 bridgehead atoms. The fourth-order valence-electron chi connectivity index (χ4n) is 2.82. The highest BCUT2D eigenvalue weighted by Gasteiger charge is 2.20. The molecule has 2 aromatic rings. The maximum absolute atomic E-state index is 5.97. The molecule has 1 aliphatic heterocycles. The first kappa shape index (κ1) is 15.3. The minimum absolute atomic E-state index is 0.258. The molecule has 0 aliphatic carbocycles. The van der Waals surface area contributed by atoms with Crippen LogP contribution in [0.4, 0.5) is 0 Å². The van der Waals surface area contributed by atoms with Crippen LogP contribution in [0.5, 0.6) is 5.75 Å². The van der Waals surface area contributed by atoms with E-state index in [1.54, 1.807) is 12.4 Å². The second kappa shape index (κ2) is 7.11. The minimum atomic E-state index is 0.258. The number of likely N-dealkylation sites (tertiary alicyclic amines) is 1. The van der Waals surface area contributed by atoms with Crippen LogP contribution in [0.15, 0.2) is 30.7 Å². The second-order valence-corrected chi connectivity index (χ2v) is 6.13. The zero-order chi connectivity index (χ0) is 15.4. The van der Waals surface area contributed by atoms with E-state index in [0.717, 1.165) is 44.6 Å². The summed E-state index contributed by atoms with van der Waals surface area (Å²) in [7, 11) is 1.99. The van der Waals surface area contributed by atoms with Crippen molar-refractivity contribution in [2.45, 2.75) is 25.4 Å². The summed E-state index contributed by atoms with van der Waals surface area (Å²) in [6.45, 7) is 3.21. The summed E-state index contributed by atoms with van der Waals surface area (Å²) in [5, 5.41) is 4.82. The normalized spacial score (nSPS) is 16.8. The van der Waals surface area contributed by atoms with Crippen molar-refractivity contribution in [3.63, 3.8) is 0 Å². The first-order chi connectivity index (χ1) is 10.7. The predicted octanol–water partition coefficient (Wildman–Crippen LogP) is 2.55. The number of hydrogen-bond acceptors (Lipinski definition) is 4. The summed E-state index contributed by atoms with van der Waals surface area (Å²) < 4.78 is 7.91. The summed E-state index contributed by atoms with van der Waals surface area (Å²) in [5.74, 6) is 0.765. The molecule has 0 spiro atoms. The van der Waals surface area contributed by atoms with Gasteiger partial charge in [0.25, 0.3) is 0 Å². The Labute approximate surface area is 135 Å². The summed E-state index contributed by atoms with van der Waals surface area (Å²) >= 11 is 5.93. The Bertz CT molecular complexity index is 608. The van der Waals surface area contributed by atoms with E-state index in [4.69, 9.17) is 16.3 Å². The van der Waals surface area contributed by atoms with Gasteiger partial charge < -0.3 is 9.64 Å². The lowest BCUT2D eigenvalue weighted by atomic mass is 10.1. The van der Waals surface area contributed by atoms with Crippen molar-refractivity contribution in [1.29, 1.82) is 0 Å². The first-order valence-electron chi connectivity index (χ1n) is 7.67. The van der Waals surface area contributed by atoms with Gasteiger partial charge >= 0.3 is 0 Å². The molecule has 0 saturated carbocycles. The fraction of sp³-hybridized carbons (Fsp3) is 0.500. The van der Waals surface area contributed by atoms with Gasteiger partial charge in [0, 0.05) is 57.3 Å². The van der Waals surface area contributed by atoms with E-state index in [0.29, 0.717) is 5.02 Å². The number of piperidine rings is 1. The molecule has 3 heterocycles. The number of rotatable bonds is 5. The van der Waals surface area contributed by atoms with Gasteiger partial charge in [-0.05, 0) is 18.9 Å². The SMILES string of the molecule is Cn1nccc1CCN1CCC(Oc2cncc(Cl)c2)CC1. The van der Waals surface area contributed by atoms with Crippen molar-refractivity contribution in [2.24, 2.45) is 7.05 Å². The van der Waals surface area contributed by atoms with Crippen LogP contribution in [0.2, 0.25) is 5.02 Å². The van der Waals surface area contributed by atoms with E-state index < -0.39 is 0 Å². The van der Waals surface area contributed by atoms with E-state index in [-0.39, 0.29) is 6.10 Å². The third kappa shape index (κ3) is 3.99. The van der Waals surface area contributed by atoms with Gasteiger partial charge in [0.2, 0.25) is 0 Å². The lowest BCUT2D eigenvalue weighted by Gasteiger charge is -2.32. The van der Waals surface area contributed by atoms with E-state index in [9.17, 15) is 0 Å². The van der Waals surface area contributed by atoms with Crippen LogP contribution in [0, 0.1) is 0 Å². The van der Waals surface area contributed by atoms with Crippen molar-refractivity contribution in [3.8, 4) is 5.75 Å². The van der Waals surface area contributed by atoms with Crippen molar-refractivity contribution in [3.05, 3.63) is 41.4 Å². The summed E-state index contributed by atoms with van der Waals surface area (Å²) in [5.41, 5.74) is 1.28. The van der Waals surface area contributed by atoms with Gasteiger partial charge in [-0.3, -0.25) is 9.67 Å². The average Bonchev–Trinajstić information content (AvgIpc) is 2.92. The molecular formula is C16H21ClN4O. The molecular weight excluding hydrogens is 300 g/mol. The summed E-state index contributed by atoms with van der Waals surface area (Å²) in [4.78, 5) is 6.54. The van der Waals surface area contributed by atoms with Gasteiger partial charge in [-0.2, -0.15) is 5.10 Å². The quantitative estimate of drug-likeness (QED) is 0.849. The van der Waals surface area contributed by atoms with Crippen LogP contribution in [0.25, 0.3) is 0 Å². The number of halogens is 1. The molecule has 1 aliphatic rings. The molecule has 1 saturated heterocycles. The van der Waals surface area contributed by atoms with E-state index in [2.05, 4.69) is 21.0 Å². The van der Waals surface area contributed by atoms with E-state index in [1.165, 1.54) is 5.69 Å². The molecule has 0 N–H and O–H groups in total. The topological polar surface area (TPSA) is 43.2 Å². The maximum Gasteiger partial charge on any atom is 0.139 e. The van der Waals surface area contributed by atoms with Crippen LogP contribution >= 0.6 is 11.6 Å². The summed E-state index contributed by atoms with van der Waals surface area (Å²) in [6, 6.07) is 3.91. The number of aromatic nitrogens is 3. The number of hydrogen-bond donors (Lipinski definition) is 0. The Hall–Kier alpha value is -1.59. The third-order valence-electron chi connectivity index (χ3n) is 4.12. The highest BCUT2D eigenvalue weighted by molar-refractivity contribution is 6.30. The molecule has 5 nitrogen and oxygen atoms in total. The van der Waals surface area contributed by atoms with Gasteiger partial charge in [-0.15, -0.1) is 0 Å². The zero-order valence-corrected chi connectivity index (χ0v) is 13.5. The number of nitrogens with zero attached hydrogens (tertiary/aromatic N) is 4. The molecule has 118 valence electrons. The Morgan fingerprint density at radius 1 is 1.32 bits per heavy atom. The molecule has 0 amide bonds. The number of aryl methyl sites for hydroxylation is 1. The van der Waals surface area contributed by atoms with E-state index in [1.807, 2.05) is 24.0 Å². The standard InChI is InChI=1S/C16H21ClN4O/c1-20-14(2-6-19-20)3-7-21-8-4-15(5-9-21)22-16-10-13(17)11-18-12-16/h2,6,10-12,15H,3-5,7-9H2,1H3. The second-order valence-electron chi connectivity index (χ2n) is 5.69. The zero-order valence-electron chi connectivity index (χ0n) is 12.8. The van der Waals surface area contributed by atoms with Crippen LogP contribution in [-0.4, -0.2) is 45.4 Å². The molecule has 0 radical (unpaired) electrons. The summed E-state index contributed by atoms with van der Waals surface area (Å²) in [6.07, 6.45) is 8.58. The van der Waals surface area contributed by atoms with Gasteiger partial charge in [-0.25, -0.2) is 0 Å². The molecule has 0 unspecified atom stereocenters. The number of pyridine rings is 1. The smallest absolute Gasteiger partial charge is 0.139 e. The Kier molecular flexibility index (Phi) is 4.95. The van der Waals surface area contributed by atoms with Gasteiger partial charge in [0.05, 0.1) is 11.2 Å². The molecule has 1 fully saturated rings. The molecule has 0 aromatic carbocycles. The van der Waals surface area contributed by atoms with Crippen molar-refractivity contribution in [1.82, 2.24) is 19.7 Å². The van der Waals surface area contributed by atoms with Gasteiger partial charge in [0.15, 0.2) is 0 Å². The highest BCUT2D eigenvalue weighted by atomic mass is 35.5. The van der Waals surface area contributed by atoms with Crippen LogP contribution in [-0.2, 0) is 13.5 Å². The van der Waals surface area contributed by atoms with Crippen LogP contribution < -0.4 is 4.74 Å². The van der Waals surface area contributed by atoms with Crippen LogP contribution in [0.3, 0.4) is 0 Å². The van der Waals surface area contributed by atoms with Crippen LogP contribution in [0.1, 0.15) is 18.5 Å². The predicted molar refractivity (Wildman–Crippen MR) is 86.2 cm³/mol. The largest absolute Gasteiger partial charge is 0.489 e. The molecule has 3 rings (SSSR count). The highest BCUT2D eigenvalue weighted by Crippen LogP contribution is 2.21. The van der Waals surface area contributed by atoms with Crippen molar-refractivity contribution in [2.75, 3.05) is 19.6 Å². The monoisotopic (exact) mass is 320 g/mol. The van der Waals surface area contributed by atoms with Crippen molar-refractivity contribution >= 4 is 11.6 Å². The first-order valence-corrected chi connectivity index (χ1v) is 8.05. The number of ether oxygens (including phenoxy) is 1. The molecule has 0 atom stereocenters. The minimum Gasteiger partial charge on any atom is -0.489 e. The van der Waals surface area contributed by atoms with Gasteiger partial charge in [0.1, 0.15) is 11.9 Å². The molecule has 6 heteroatoms. The Morgan fingerprint density at radius 2 is 2.14 bits per heavy atom. The molecule has 2 aromatic heterocycles. The lowest BCUT2D eigenvalue weighted by Crippen LogP contribution is -2.39. The van der Waals surface area contributed by atoms with Gasteiger partial charge in [-0.1, -0.05) is 11.6 Å². The van der Waals surface area contributed by atoms with Crippen molar-refractivity contribution < 1.29 is 4.74 Å². The van der Waals surface area contributed by atoms with E-state index >= 15 is 0 Å². The Morgan fingerprint density at radius 3 is 2.82 bits per heavy atom. The molecule has 22 heavy (non-hydrogen) atoms. The maximum atomic E-state index is 5.97. The lowest BCUT2D eigenvalue weighted by molar-refractivity contribution is 0.101. The average molecular weight is 321 g/mol.